The standard InChI is InChI=1S/C16H23NO3/c1-10(7-14(18)15-3-2-6-20-15)17-16(19)13-9-11-4-5-12(13)8-11/h2-3,6,10-14,18H,4-5,7-9H2,1H3,(H,17,19). The summed E-state index contributed by atoms with van der Waals surface area (Å²) in [5.74, 6) is 2.32. The summed E-state index contributed by atoms with van der Waals surface area (Å²) in [5, 5.41) is 13.1. The van der Waals surface area contributed by atoms with Crippen molar-refractivity contribution in [2.75, 3.05) is 0 Å². The lowest BCUT2D eigenvalue weighted by molar-refractivity contribution is -0.127. The molecule has 110 valence electrons. The van der Waals surface area contributed by atoms with Crippen molar-refractivity contribution in [3.8, 4) is 0 Å². The van der Waals surface area contributed by atoms with Crippen LogP contribution < -0.4 is 5.32 Å². The van der Waals surface area contributed by atoms with Crippen molar-refractivity contribution in [1.29, 1.82) is 0 Å². The lowest BCUT2D eigenvalue weighted by Crippen LogP contribution is -2.39. The number of fused-ring (bicyclic) bond motifs is 2. The van der Waals surface area contributed by atoms with Gasteiger partial charge in [0.25, 0.3) is 0 Å². The van der Waals surface area contributed by atoms with Gasteiger partial charge in [0.15, 0.2) is 0 Å². The quantitative estimate of drug-likeness (QED) is 0.869. The van der Waals surface area contributed by atoms with Crippen LogP contribution in [0.1, 0.15) is 50.9 Å². The number of hydrogen-bond donors (Lipinski definition) is 2. The topological polar surface area (TPSA) is 62.5 Å². The Morgan fingerprint density at radius 2 is 2.35 bits per heavy atom. The molecular formula is C16H23NO3. The highest BCUT2D eigenvalue weighted by atomic mass is 16.4. The Bertz CT molecular complexity index is 456. The van der Waals surface area contributed by atoms with Gasteiger partial charge in [-0.05, 0) is 50.2 Å². The molecule has 20 heavy (non-hydrogen) atoms. The molecule has 2 saturated carbocycles. The van der Waals surface area contributed by atoms with Crippen molar-refractivity contribution in [3.05, 3.63) is 24.2 Å². The molecule has 2 aliphatic rings. The molecule has 1 aromatic heterocycles. The van der Waals surface area contributed by atoms with Crippen LogP contribution in [0.15, 0.2) is 22.8 Å². The molecule has 2 aliphatic carbocycles. The zero-order valence-electron chi connectivity index (χ0n) is 11.9. The lowest BCUT2D eigenvalue weighted by atomic mass is 9.88. The summed E-state index contributed by atoms with van der Waals surface area (Å²) in [6, 6.07) is 3.48. The third-order valence-corrected chi connectivity index (χ3v) is 4.91. The van der Waals surface area contributed by atoms with Gasteiger partial charge in [0, 0.05) is 18.4 Å². The van der Waals surface area contributed by atoms with Crippen molar-refractivity contribution in [2.45, 2.75) is 51.2 Å². The molecule has 2 fully saturated rings. The number of amides is 1. The Hall–Kier alpha value is -1.29. The van der Waals surface area contributed by atoms with Crippen LogP contribution in [0.2, 0.25) is 0 Å². The number of hydrogen-bond acceptors (Lipinski definition) is 3. The molecule has 0 spiro atoms. The number of rotatable bonds is 5. The maximum atomic E-state index is 12.3. The fourth-order valence-corrected chi connectivity index (χ4v) is 3.91. The summed E-state index contributed by atoms with van der Waals surface area (Å²) < 4.78 is 5.18. The van der Waals surface area contributed by atoms with E-state index in [0.29, 0.717) is 18.1 Å². The molecule has 0 aromatic carbocycles. The van der Waals surface area contributed by atoms with Gasteiger partial charge >= 0.3 is 0 Å². The third-order valence-electron chi connectivity index (χ3n) is 4.91. The second-order valence-electron chi connectivity index (χ2n) is 6.46. The first-order valence-corrected chi connectivity index (χ1v) is 7.65. The van der Waals surface area contributed by atoms with Crippen LogP contribution in [-0.2, 0) is 4.79 Å². The first-order chi connectivity index (χ1) is 9.63. The smallest absolute Gasteiger partial charge is 0.223 e. The van der Waals surface area contributed by atoms with E-state index in [9.17, 15) is 9.90 Å². The first-order valence-electron chi connectivity index (χ1n) is 7.65. The molecule has 2 bridgehead atoms. The molecule has 0 saturated heterocycles. The van der Waals surface area contributed by atoms with Crippen LogP contribution in [0, 0.1) is 17.8 Å². The molecule has 1 aromatic rings. The van der Waals surface area contributed by atoms with Gasteiger partial charge in [-0.25, -0.2) is 0 Å². The predicted molar refractivity (Wildman–Crippen MR) is 74.8 cm³/mol. The zero-order valence-corrected chi connectivity index (χ0v) is 11.9. The van der Waals surface area contributed by atoms with Crippen molar-refractivity contribution < 1.29 is 14.3 Å². The Kier molecular flexibility index (Phi) is 3.83. The van der Waals surface area contributed by atoms with E-state index >= 15 is 0 Å². The largest absolute Gasteiger partial charge is 0.467 e. The van der Waals surface area contributed by atoms with E-state index in [0.717, 1.165) is 12.3 Å². The summed E-state index contributed by atoms with van der Waals surface area (Å²) in [6.45, 7) is 1.94. The Balaban J connectivity index is 1.49. The molecule has 3 rings (SSSR count). The average Bonchev–Trinajstić information content (AvgIpc) is 3.15. The minimum Gasteiger partial charge on any atom is -0.467 e. The Labute approximate surface area is 119 Å². The lowest BCUT2D eigenvalue weighted by Gasteiger charge is -2.24. The molecule has 1 heterocycles. The highest BCUT2D eigenvalue weighted by Gasteiger charge is 2.43. The van der Waals surface area contributed by atoms with E-state index in [1.165, 1.54) is 19.3 Å². The third kappa shape index (κ3) is 2.75. The maximum Gasteiger partial charge on any atom is 0.223 e. The normalized spacial score (nSPS) is 31.2. The van der Waals surface area contributed by atoms with Crippen molar-refractivity contribution in [1.82, 2.24) is 5.32 Å². The maximum absolute atomic E-state index is 12.3. The SMILES string of the molecule is CC(CC(O)c1ccco1)NC(=O)C1CC2CCC1C2. The first kappa shape index (κ1) is 13.7. The zero-order chi connectivity index (χ0) is 14.1. The Morgan fingerprint density at radius 1 is 1.50 bits per heavy atom. The average molecular weight is 277 g/mol. The fourth-order valence-electron chi connectivity index (χ4n) is 3.91. The molecule has 2 N–H and O–H groups in total. The van der Waals surface area contributed by atoms with Crippen LogP contribution in [0.5, 0.6) is 0 Å². The van der Waals surface area contributed by atoms with Crippen LogP contribution in [-0.4, -0.2) is 17.1 Å². The number of aliphatic hydroxyl groups is 1. The van der Waals surface area contributed by atoms with E-state index in [1.807, 2.05) is 6.92 Å². The second kappa shape index (κ2) is 5.60. The number of nitrogens with one attached hydrogen (secondary N) is 1. The fraction of sp³-hybridized carbons (Fsp3) is 0.688. The number of furan rings is 1. The van der Waals surface area contributed by atoms with Crippen molar-refractivity contribution >= 4 is 5.91 Å². The van der Waals surface area contributed by atoms with E-state index in [1.54, 1.807) is 18.4 Å². The van der Waals surface area contributed by atoms with E-state index in [-0.39, 0.29) is 17.9 Å². The highest BCUT2D eigenvalue weighted by molar-refractivity contribution is 5.79. The second-order valence-corrected chi connectivity index (χ2v) is 6.46. The van der Waals surface area contributed by atoms with Gasteiger partial charge < -0.3 is 14.8 Å². The van der Waals surface area contributed by atoms with Crippen LogP contribution >= 0.6 is 0 Å². The number of carbonyl (C=O) groups is 1. The van der Waals surface area contributed by atoms with Crippen LogP contribution in [0.4, 0.5) is 0 Å². The molecule has 4 nitrogen and oxygen atoms in total. The van der Waals surface area contributed by atoms with Crippen molar-refractivity contribution in [3.63, 3.8) is 0 Å². The summed E-state index contributed by atoms with van der Waals surface area (Å²) >= 11 is 0. The van der Waals surface area contributed by atoms with E-state index in [2.05, 4.69) is 5.32 Å². The van der Waals surface area contributed by atoms with Crippen molar-refractivity contribution in [2.24, 2.45) is 17.8 Å². The van der Waals surface area contributed by atoms with Crippen LogP contribution in [0.3, 0.4) is 0 Å². The minimum atomic E-state index is -0.652. The van der Waals surface area contributed by atoms with Gasteiger partial charge in [-0.15, -0.1) is 0 Å². The molecule has 1 amide bonds. The van der Waals surface area contributed by atoms with E-state index < -0.39 is 6.10 Å². The van der Waals surface area contributed by atoms with Gasteiger partial charge in [-0.1, -0.05) is 6.42 Å². The molecule has 5 unspecified atom stereocenters. The molecule has 0 radical (unpaired) electrons. The van der Waals surface area contributed by atoms with Gasteiger partial charge in [0.05, 0.1) is 6.26 Å². The summed E-state index contributed by atoms with van der Waals surface area (Å²) in [5.41, 5.74) is 0. The van der Waals surface area contributed by atoms with Crippen LogP contribution in [0.25, 0.3) is 0 Å². The summed E-state index contributed by atoms with van der Waals surface area (Å²) in [6.07, 6.45) is 6.20. The molecular weight excluding hydrogens is 254 g/mol. The molecule has 4 heteroatoms. The Morgan fingerprint density at radius 3 is 2.95 bits per heavy atom. The van der Waals surface area contributed by atoms with Gasteiger partial charge in [-0.3, -0.25) is 4.79 Å². The summed E-state index contributed by atoms with van der Waals surface area (Å²) in [4.78, 5) is 12.3. The van der Waals surface area contributed by atoms with Gasteiger partial charge in [0.2, 0.25) is 5.91 Å². The number of aliphatic hydroxyl groups excluding tert-OH is 1. The van der Waals surface area contributed by atoms with Gasteiger partial charge in [0.1, 0.15) is 11.9 Å². The summed E-state index contributed by atoms with van der Waals surface area (Å²) in [7, 11) is 0. The predicted octanol–water partition coefficient (Wildman–Crippen LogP) is 2.64. The van der Waals surface area contributed by atoms with Gasteiger partial charge in [-0.2, -0.15) is 0 Å². The monoisotopic (exact) mass is 277 g/mol. The molecule has 0 aliphatic heterocycles. The van der Waals surface area contributed by atoms with E-state index in [4.69, 9.17) is 4.42 Å². The minimum absolute atomic E-state index is 0.0401. The number of carbonyl (C=O) groups excluding carboxylic acids is 1. The molecule has 5 atom stereocenters. The highest BCUT2D eigenvalue weighted by Crippen LogP contribution is 2.48.